The lowest BCUT2D eigenvalue weighted by molar-refractivity contribution is -0.115. The van der Waals surface area contributed by atoms with E-state index < -0.39 is 12.0 Å². The molecule has 1 fully saturated rings. The monoisotopic (exact) mass is 526 g/mol. The lowest BCUT2D eigenvalue weighted by Gasteiger charge is -2.27. The highest BCUT2D eigenvalue weighted by molar-refractivity contribution is 7.80. The van der Waals surface area contributed by atoms with Crippen molar-refractivity contribution in [3.8, 4) is 11.3 Å². The van der Waals surface area contributed by atoms with Crippen LogP contribution in [0, 0.1) is 6.92 Å². The molecule has 0 aliphatic carbocycles. The van der Waals surface area contributed by atoms with Gasteiger partial charge in [0.1, 0.15) is 17.6 Å². The van der Waals surface area contributed by atoms with E-state index in [-0.39, 0.29) is 17.5 Å². The fourth-order valence-corrected chi connectivity index (χ4v) is 4.99. The van der Waals surface area contributed by atoms with E-state index in [0.29, 0.717) is 28.6 Å². The maximum Gasteiger partial charge on any atom is 0.336 e. The Morgan fingerprint density at radius 1 is 1.11 bits per heavy atom. The Hall–Kier alpha value is -4.50. The minimum Gasteiger partial charge on any atom is -0.478 e. The fourth-order valence-electron chi connectivity index (χ4n) is 4.64. The largest absolute Gasteiger partial charge is 0.478 e. The van der Waals surface area contributed by atoms with Gasteiger partial charge in [0, 0.05) is 29.6 Å². The van der Waals surface area contributed by atoms with Gasteiger partial charge in [-0.15, -0.1) is 0 Å². The molecule has 3 N–H and O–H groups in total. The number of rotatable bonds is 7. The van der Waals surface area contributed by atoms with Crippen molar-refractivity contribution in [3.63, 3.8) is 0 Å². The van der Waals surface area contributed by atoms with Gasteiger partial charge in [0.15, 0.2) is 5.11 Å². The number of anilines is 2. The van der Waals surface area contributed by atoms with Crippen LogP contribution in [0.4, 0.5) is 11.4 Å². The summed E-state index contributed by atoms with van der Waals surface area (Å²) in [5, 5.41) is 16.5. The van der Waals surface area contributed by atoms with E-state index in [4.69, 9.17) is 16.6 Å². The number of aromatic carboxylic acids is 1. The van der Waals surface area contributed by atoms with Gasteiger partial charge in [-0.3, -0.25) is 9.78 Å². The molecule has 4 aromatic rings. The van der Waals surface area contributed by atoms with Crippen LogP contribution in [0.3, 0.4) is 0 Å². The molecule has 1 amide bonds. The van der Waals surface area contributed by atoms with Crippen molar-refractivity contribution in [3.05, 3.63) is 102 Å². The van der Waals surface area contributed by atoms with E-state index in [1.165, 1.54) is 0 Å². The number of carboxylic acid groups (broad SMARTS) is 1. The van der Waals surface area contributed by atoms with E-state index in [9.17, 15) is 14.7 Å². The quantitative estimate of drug-likeness (QED) is 0.257. The summed E-state index contributed by atoms with van der Waals surface area (Å²) < 4.78 is 6.33. The highest BCUT2D eigenvalue weighted by Crippen LogP contribution is 2.43. The number of aryl methyl sites for hydroxylation is 1. The fraction of sp³-hybridized carbons (Fsp3) is 0.172. The summed E-state index contributed by atoms with van der Waals surface area (Å²) in [5.41, 5.74) is 3.89. The van der Waals surface area contributed by atoms with Crippen LogP contribution in [0.2, 0.25) is 0 Å². The van der Waals surface area contributed by atoms with Gasteiger partial charge in [-0.2, -0.15) is 0 Å². The average Bonchev–Trinajstić information content (AvgIpc) is 3.54. The zero-order valence-corrected chi connectivity index (χ0v) is 21.7. The van der Waals surface area contributed by atoms with Crippen molar-refractivity contribution in [2.45, 2.75) is 32.4 Å². The van der Waals surface area contributed by atoms with Gasteiger partial charge in [0.05, 0.1) is 17.3 Å². The van der Waals surface area contributed by atoms with Crippen molar-refractivity contribution in [2.75, 3.05) is 10.2 Å². The molecule has 3 heterocycles. The average molecular weight is 527 g/mol. The molecular weight excluding hydrogens is 500 g/mol. The van der Waals surface area contributed by atoms with E-state index >= 15 is 0 Å². The zero-order valence-electron chi connectivity index (χ0n) is 20.8. The molecule has 1 saturated heterocycles. The van der Waals surface area contributed by atoms with E-state index in [2.05, 4.69) is 15.6 Å². The lowest BCUT2D eigenvalue weighted by Crippen LogP contribution is -2.29. The third-order valence-electron chi connectivity index (χ3n) is 6.52. The summed E-state index contributed by atoms with van der Waals surface area (Å²) >= 11 is 5.79. The van der Waals surface area contributed by atoms with Crippen molar-refractivity contribution in [1.29, 1.82) is 0 Å². The van der Waals surface area contributed by atoms with Gasteiger partial charge in [-0.05, 0) is 73.2 Å². The molecule has 8 nitrogen and oxygen atoms in total. The summed E-state index contributed by atoms with van der Waals surface area (Å²) in [6.45, 7) is 3.74. The minimum atomic E-state index is -1.03. The molecule has 2 unspecified atom stereocenters. The first-order chi connectivity index (χ1) is 18.4. The van der Waals surface area contributed by atoms with Crippen molar-refractivity contribution < 1.29 is 19.1 Å². The number of carbonyl (C=O) groups excluding carboxylic acids is 1. The molecule has 0 spiro atoms. The van der Waals surface area contributed by atoms with E-state index in [1.54, 1.807) is 36.5 Å². The van der Waals surface area contributed by atoms with Gasteiger partial charge >= 0.3 is 5.97 Å². The number of pyridine rings is 1. The number of carboxylic acids is 1. The Kier molecular flexibility index (Phi) is 6.93. The molecule has 2 aromatic heterocycles. The summed E-state index contributed by atoms with van der Waals surface area (Å²) in [4.78, 5) is 30.3. The molecule has 0 saturated carbocycles. The molecule has 2 aromatic carbocycles. The number of carbonyl (C=O) groups is 2. The van der Waals surface area contributed by atoms with Gasteiger partial charge in [-0.1, -0.05) is 31.2 Å². The maximum atomic E-state index is 11.9. The number of nitrogens with zero attached hydrogens (tertiary/aromatic N) is 2. The number of nitrogens with one attached hydrogen (secondary N) is 2. The molecular formula is C29H26N4O4S. The predicted molar refractivity (Wildman–Crippen MR) is 149 cm³/mol. The number of hydrogen-bond donors (Lipinski definition) is 3. The highest BCUT2D eigenvalue weighted by atomic mass is 32.1. The Morgan fingerprint density at radius 3 is 2.61 bits per heavy atom. The molecule has 0 radical (unpaired) electrons. The normalized spacial score (nSPS) is 16.8. The number of amides is 1. The summed E-state index contributed by atoms with van der Waals surface area (Å²) in [7, 11) is 0. The van der Waals surface area contributed by atoms with E-state index in [1.807, 2.05) is 61.2 Å². The molecule has 38 heavy (non-hydrogen) atoms. The smallest absolute Gasteiger partial charge is 0.336 e. The SMILES string of the molecule is CCC(=O)Nc1ccc(N2C(=S)NC(c3ccccn3)C2c2ccc(-c3ccccc3C(=O)O)o2)cc1C. The van der Waals surface area contributed by atoms with Crippen LogP contribution in [-0.4, -0.2) is 27.1 Å². The first kappa shape index (κ1) is 25.2. The van der Waals surface area contributed by atoms with Crippen molar-refractivity contribution in [1.82, 2.24) is 10.3 Å². The van der Waals surface area contributed by atoms with Crippen LogP contribution in [-0.2, 0) is 4.79 Å². The van der Waals surface area contributed by atoms with Gasteiger partial charge < -0.3 is 25.1 Å². The summed E-state index contributed by atoms with van der Waals surface area (Å²) in [6, 6.07) is 21.1. The first-order valence-corrected chi connectivity index (χ1v) is 12.6. The van der Waals surface area contributed by atoms with Crippen LogP contribution >= 0.6 is 12.2 Å². The van der Waals surface area contributed by atoms with Gasteiger partial charge in [0.2, 0.25) is 5.91 Å². The van der Waals surface area contributed by atoms with Crippen molar-refractivity contribution >= 4 is 40.6 Å². The number of benzene rings is 2. The molecule has 1 aliphatic rings. The second-order valence-electron chi connectivity index (χ2n) is 8.95. The number of hydrogen-bond acceptors (Lipinski definition) is 5. The number of aromatic nitrogens is 1. The molecule has 5 rings (SSSR count). The highest BCUT2D eigenvalue weighted by Gasteiger charge is 2.42. The Labute approximate surface area is 225 Å². The zero-order chi connectivity index (χ0) is 26.8. The van der Waals surface area contributed by atoms with Crippen LogP contribution in [0.1, 0.15) is 52.8 Å². The topological polar surface area (TPSA) is 108 Å². The number of furan rings is 1. The lowest BCUT2D eigenvalue weighted by atomic mass is 10.0. The Bertz CT molecular complexity index is 1520. The van der Waals surface area contributed by atoms with Crippen LogP contribution < -0.4 is 15.5 Å². The van der Waals surface area contributed by atoms with Gasteiger partial charge in [0.25, 0.3) is 0 Å². The maximum absolute atomic E-state index is 11.9. The van der Waals surface area contributed by atoms with Gasteiger partial charge in [-0.25, -0.2) is 4.79 Å². The second kappa shape index (κ2) is 10.5. The van der Waals surface area contributed by atoms with E-state index in [0.717, 1.165) is 22.6 Å². The van der Waals surface area contributed by atoms with Crippen LogP contribution in [0.25, 0.3) is 11.3 Å². The molecule has 0 bridgehead atoms. The molecule has 2 atom stereocenters. The number of thiocarbonyl (C=S) groups is 1. The Balaban J connectivity index is 1.58. The van der Waals surface area contributed by atoms with Crippen LogP contribution in [0.15, 0.2) is 83.4 Å². The first-order valence-electron chi connectivity index (χ1n) is 12.2. The second-order valence-corrected chi connectivity index (χ2v) is 9.34. The molecule has 9 heteroatoms. The predicted octanol–water partition coefficient (Wildman–Crippen LogP) is 5.87. The minimum absolute atomic E-state index is 0.0583. The van der Waals surface area contributed by atoms with Crippen LogP contribution in [0.5, 0.6) is 0 Å². The summed E-state index contributed by atoms with van der Waals surface area (Å²) in [5.74, 6) is -0.0356. The standard InChI is InChI=1S/C29H26N4O4S/c1-3-25(34)31-21-12-11-18(16-17(21)2)33-27(26(32-29(33)38)22-10-6-7-15-30-22)24-14-13-23(37-24)19-8-4-5-9-20(19)28(35)36/h4-16,26-27H,3H2,1-2H3,(H,31,34)(H,32,38)(H,35,36). The third-order valence-corrected chi connectivity index (χ3v) is 6.84. The summed E-state index contributed by atoms with van der Waals surface area (Å²) in [6.07, 6.45) is 2.12. The third kappa shape index (κ3) is 4.76. The molecule has 192 valence electrons. The molecule has 1 aliphatic heterocycles. The Morgan fingerprint density at radius 2 is 1.89 bits per heavy atom. The van der Waals surface area contributed by atoms with Crippen molar-refractivity contribution in [2.24, 2.45) is 0 Å².